The third-order valence-electron chi connectivity index (χ3n) is 4.64. The van der Waals surface area contributed by atoms with Crippen LogP contribution in [-0.4, -0.2) is 16.1 Å². The number of aromatic nitrogens is 1. The van der Waals surface area contributed by atoms with E-state index >= 15 is 0 Å². The van der Waals surface area contributed by atoms with Gasteiger partial charge < -0.3 is 19.6 Å². The maximum absolute atomic E-state index is 11.2. The van der Waals surface area contributed by atoms with E-state index in [0.29, 0.717) is 30.3 Å². The molecular weight excluding hydrogens is 366 g/mol. The largest absolute Gasteiger partial charge is 0.489 e. The third-order valence-corrected chi connectivity index (χ3v) is 4.64. The standard InChI is InChI=1S/C24H21NO4/c26-23(27)11-19-14-25-24-21(19)12-20(28-15-17-7-3-1-4-8-17)13-22(24)29-16-18-9-5-2-6-10-18/h1-10,12-14,25H,11,15-16H2,(H,26,27). The van der Waals surface area contributed by atoms with Crippen LogP contribution in [0.4, 0.5) is 0 Å². The molecule has 4 aromatic rings. The molecule has 0 saturated heterocycles. The molecule has 0 saturated carbocycles. The van der Waals surface area contributed by atoms with E-state index in [-0.39, 0.29) is 6.42 Å². The van der Waals surface area contributed by atoms with Crippen molar-refractivity contribution in [3.05, 3.63) is 95.7 Å². The highest BCUT2D eigenvalue weighted by Crippen LogP contribution is 2.34. The van der Waals surface area contributed by atoms with Crippen LogP contribution in [0.3, 0.4) is 0 Å². The van der Waals surface area contributed by atoms with Crippen molar-refractivity contribution in [1.82, 2.24) is 4.98 Å². The van der Waals surface area contributed by atoms with E-state index in [2.05, 4.69) is 4.98 Å². The number of carboxylic acid groups (broad SMARTS) is 1. The lowest BCUT2D eigenvalue weighted by Crippen LogP contribution is -2.00. The summed E-state index contributed by atoms with van der Waals surface area (Å²) in [5.74, 6) is 0.384. The Hall–Kier alpha value is -3.73. The summed E-state index contributed by atoms with van der Waals surface area (Å²) in [6, 6.07) is 23.5. The molecule has 5 heteroatoms. The zero-order valence-corrected chi connectivity index (χ0v) is 15.8. The van der Waals surface area contributed by atoms with Crippen LogP contribution in [0, 0.1) is 0 Å². The molecule has 0 aliphatic carbocycles. The fraction of sp³-hybridized carbons (Fsp3) is 0.125. The lowest BCUT2D eigenvalue weighted by atomic mass is 10.1. The van der Waals surface area contributed by atoms with E-state index in [1.54, 1.807) is 6.20 Å². The number of fused-ring (bicyclic) bond motifs is 1. The van der Waals surface area contributed by atoms with Crippen LogP contribution in [0.15, 0.2) is 79.0 Å². The first kappa shape index (κ1) is 18.6. The van der Waals surface area contributed by atoms with Gasteiger partial charge in [0.2, 0.25) is 0 Å². The number of aliphatic carboxylic acids is 1. The molecule has 3 aromatic carbocycles. The summed E-state index contributed by atoms with van der Waals surface area (Å²) in [5, 5.41) is 10.0. The fourth-order valence-electron chi connectivity index (χ4n) is 3.21. The summed E-state index contributed by atoms with van der Waals surface area (Å²) in [6.07, 6.45) is 1.65. The van der Waals surface area contributed by atoms with E-state index in [1.165, 1.54) is 0 Å². The zero-order valence-electron chi connectivity index (χ0n) is 15.8. The Morgan fingerprint density at radius 3 is 2.10 bits per heavy atom. The topological polar surface area (TPSA) is 71.5 Å². The van der Waals surface area contributed by atoms with Crippen molar-refractivity contribution in [2.24, 2.45) is 0 Å². The number of nitrogens with one attached hydrogen (secondary N) is 1. The average Bonchev–Trinajstić information content (AvgIpc) is 3.14. The number of aromatic amines is 1. The predicted molar refractivity (Wildman–Crippen MR) is 111 cm³/mol. The number of hydrogen-bond acceptors (Lipinski definition) is 3. The molecule has 0 bridgehead atoms. The molecule has 0 atom stereocenters. The first-order chi connectivity index (χ1) is 14.2. The van der Waals surface area contributed by atoms with Gasteiger partial charge in [0.15, 0.2) is 0 Å². The van der Waals surface area contributed by atoms with E-state index in [4.69, 9.17) is 9.47 Å². The molecule has 4 rings (SSSR count). The monoisotopic (exact) mass is 387 g/mol. The second-order valence-corrected chi connectivity index (χ2v) is 6.78. The lowest BCUT2D eigenvalue weighted by molar-refractivity contribution is -0.136. The third kappa shape index (κ3) is 4.58. The highest BCUT2D eigenvalue weighted by Gasteiger charge is 2.14. The van der Waals surface area contributed by atoms with Gasteiger partial charge in [0.25, 0.3) is 0 Å². The molecule has 0 radical (unpaired) electrons. The molecule has 29 heavy (non-hydrogen) atoms. The van der Waals surface area contributed by atoms with Crippen molar-refractivity contribution < 1.29 is 19.4 Å². The van der Waals surface area contributed by atoms with E-state index in [9.17, 15) is 9.90 Å². The fourth-order valence-corrected chi connectivity index (χ4v) is 3.21. The summed E-state index contributed by atoms with van der Waals surface area (Å²) >= 11 is 0. The minimum absolute atomic E-state index is 0.0692. The van der Waals surface area contributed by atoms with Crippen molar-refractivity contribution in [3.63, 3.8) is 0 Å². The number of carbonyl (C=O) groups is 1. The Balaban J connectivity index is 1.64. The molecular formula is C24H21NO4. The normalized spacial score (nSPS) is 10.8. The van der Waals surface area contributed by atoms with Gasteiger partial charge in [-0.05, 0) is 22.8 Å². The minimum Gasteiger partial charge on any atom is -0.489 e. The summed E-state index contributed by atoms with van der Waals surface area (Å²) in [4.78, 5) is 14.4. The number of carboxylic acids is 1. The quantitative estimate of drug-likeness (QED) is 0.449. The van der Waals surface area contributed by atoms with Crippen molar-refractivity contribution in [1.29, 1.82) is 0 Å². The minimum atomic E-state index is -0.881. The first-order valence-corrected chi connectivity index (χ1v) is 9.38. The Morgan fingerprint density at radius 2 is 1.48 bits per heavy atom. The maximum Gasteiger partial charge on any atom is 0.307 e. The number of rotatable bonds is 8. The molecule has 0 aliphatic heterocycles. The SMILES string of the molecule is O=C(O)Cc1c[nH]c2c(OCc3ccccc3)cc(OCc3ccccc3)cc12. The number of benzene rings is 3. The predicted octanol–water partition coefficient (Wildman–Crippen LogP) is 4.95. The average molecular weight is 387 g/mol. The molecule has 2 N–H and O–H groups in total. The molecule has 5 nitrogen and oxygen atoms in total. The second-order valence-electron chi connectivity index (χ2n) is 6.78. The maximum atomic E-state index is 11.2. The van der Waals surface area contributed by atoms with Gasteiger partial charge >= 0.3 is 5.97 Å². The van der Waals surface area contributed by atoms with Crippen LogP contribution < -0.4 is 9.47 Å². The zero-order chi connectivity index (χ0) is 20.1. The van der Waals surface area contributed by atoms with E-state index in [1.807, 2.05) is 72.8 Å². The van der Waals surface area contributed by atoms with Gasteiger partial charge in [-0.15, -0.1) is 0 Å². The van der Waals surface area contributed by atoms with Gasteiger partial charge in [0.05, 0.1) is 11.9 Å². The van der Waals surface area contributed by atoms with Crippen molar-refractivity contribution in [2.45, 2.75) is 19.6 Å². The van der Waals surface area contributed by atoms with Crippen LogP contribution in [0.5, 0.6) is 11.5 Å². The van der Waals surface area contributed by atoms with Crippen LogP contribution in [0.1, 0.15) is 16.7 Å². The highest BCUT2D eigenvalue weighted by atomic mass is 16.5. The summed E-state index contributed by atoms with van der Waals surface area (Å²) in [7, 11) is 0. The summed E-state index contributed by atoms with van der Waals surface area (Å²) in [6.45, 7) is 0.828. The summed E-state index contributed by atoms with van der Waals surface area (Å²) < 4.78 is 12.0. The number of H-pyrrole nitrogens is 1. The molecule has 0 fully saturated rings. The van der Waals surface area contributed by atoms with Gasteiger partial charge in [-0.1, -0.05) is 60.7 Å². The lowest BCUT2D eigenvalue weighted by Gasteiger charge is -2.12. The first-order valence-electron chi connectivity index (χ1n) is 9.38. The van der Waals surface area contributed by atoms with Gasteiger partial charge in [0, 0.05) is 17.6 Å². The molecule has 146 valence electrons. The molecule has 0 spiro atoms. The van der Waals surface area contributed by atoms with Crippen LogP contribution in [-0.2, 0) is 24.4 Å². The van der Waals surface area contributed by atoms with E-state index in [0.717, 1.165) is 22.0 Å². The van der Waals surface area contributed by atoms with Gasteiger partial charge in [-0.3, -0.25) is 4.79 Å². The van der Waals surface area contributed by atoms with Crippen LogP contribution in [0.2, 0.25) is 0 Å². The Kier molecular flexibility index (Phi) is 5.47. The van der Waals surface area contributed by atoms with Gasteiger partial charge in [0.1, 0.15) is 24.7 Å². The molecule has 0 aliphatic rings. The van der Waals surface area contributed by atoms with Crippen molar-refractivity contribution in [3.8, 4) is 11.5 Å². The molecule has 0 unspecified atom stereocenters. The number of ether oxygens (including phenoxy) is 2. The molecule has 1 heterocycles. The summed E-state index contributed by atoms with van der Waals surface area (Å²) in [5.41, 5.74) is 3.57. The Bertz CT molecular complexity index is 1100. The smallest absolute Gasteiger partial charge is 0.307 e. The van der Waals surface area contributed by atoms with Crippen LogP contribution in [0.25, 0.3) is 10.9 Å². The van der Waals surface area contributed by atoms with Crippen molar-refractivity contribution >= 4 is 16.9 Å². The molecule has 0 amide bonds. The van der Waals surface area contributed by atoms with Crippen LogP contribution >= 0.6 is 0 Å². The Labute approximate surface area is 168 Å². The highest BCUT2D eigenvalue weighted by molar-refractivity contribution is 5.92. The van der Waals surface area contributed by atoms with Crippen molar-refractivity contribution in [2.75, 3.05) is 0 Å². The Morgan fingerprint density at radius 1 is 0.862 bits per heavy atom. The van der Waals surface area contributed by atoms with E-state index < -0.39 is 5.97 Å². The van der Waals surface area contributed by atoms with Gasteiger partial charge in [-0.2, -0.15) is 0 Å². The molecule has 1 aromatic heterocycles. The second kappa shape index (κ2) is 8.52. The van der Waals surface area contributed by atoms with Gasteiger partial charge in [-0.25, -0.2) is 0 Å². The number of hydrogen-bond donors (Lipinski definition) is 2.